The van der Waals surface area contributed by atoms with Crippen LogP contribution in [0, 0.1) is 0 Å². The monoisotopic (exact) mass is 247 g/mol. The van der Waals surface area contributed by atoms with Gasteiger partial charge in [-0.15, -0.1) is 0 Å². The van der Waals surface area contributed by atoms with Crippen molar-refractivity contribution in [3.05, 3.63) is 0 Å². The van der Waals surface area contributed by atoms with Gasteiger partial charge in [0.2, 0.25) is 0 Å². The van der Waals surface area contributed by atoms with E-state index in [2.05, 4.69) is 19.4 Å². The lowest BCUT2D eigenvalue weighted by Gasteiger charge is -2.07. The topological polar surface area (TPSA) is 20.2 Å². The number of hydrogen-bond donors (Lipinski definition) is 1. The van der Waals surface area contributed by atoms with Crippen molar-refractivity contribution in [2.45, 2.75) is 70.8 Å². The molecule has 0 saturated carbocycles. The quantitative estimate of drug-likeness (QED) is 0.435. The summed E-state index contributed by atoms with van der Waals surface area (Å²) in [5.41, 5.74) is 0. The van der Waals surface area contributed by atoms with Gasteiger partial charge in [-0.1, -0.05) is 58.3 Å². The zero-order chi connectivity index (χ0) is 12.2. The minimum Gasteiger partial charge on any atom is -0.388 e. The van der Waals surface area contributed by atoms with E-state index in [1.165, 1.54) is 51.4 Å². The van der Waals surface area contributed by atoms with Crippen LogP contribution in [0.4, 0.5) is 0 Å². The van der Waals surface area contributed by atoms with Gasteiger partial charge in [0.25, 0.3) is 0 Å². The first kappa shape index (κ1) is 16.3. The molecule has 0 aromatic rings. The zero-order valence-corrected chi connectivity index (χ0v) is 12.3. The van der Waals surface area contributed by atoms with Gasteiger partial charge in [-0.05, 0) is 17.3 Å². The van der Waals surface area contributed by atoms with Crippen LogP contribution in [0.5, 0.6) is 0 Å². The van der Waals surface area contributed by atoms with Crippen molar-refractivity contribution < 1.29 is 5.11 Å². The summed E-state index contributed by atoms with van der Waals surface area (Å²) in [7, 11) is 0.392. The number of unbranched alkanes of at least 4 members (excludes halogenated alkanes) is 7. The van der Waals surface area contributed by atoms with Crippen LogP contribution in [0.2, 0.25) is 0 Å². The Morgan fingerprint density at radius 3 is 1.88 bits per heavy atom. The van der Waals surface area contributed by atoms with E-state index < -0.39 is 0 Å². The third kappa shape index (κ3) is 12.4. The molecule has 2 heteroatoms. The van der Waals surface area contributed by atoms with Crippen LogP contribution in [0.3, 0.4) is 0 Å². The van der Waals surface area contributed by atoms with Crippen molar-refractivity contribution in [3.8, 4) is 0 Å². The molecule has 1 unspecified atom stereocenters. The maximum Gasteiger partial charge on any atom is 0.133 e. The fraction of sp³-hybridized carbons (Fsp3) is 1.00. The van der Waals surface area contributed by atoms with Crippen LogP contribution in [-0.2, 0) is 10.9 Å². The Kier molecular flexibility index (Phi) is 12.0. The predicted molar refractivity (Wildman–Crippen MR) is 77.3 cm³/mol. The molecule has 0 spiro atoms. The summed E-state index contributed by atoms with van der Waals surface area (Å²) in [6.07, 6.45) is 16.2. The van der Waals surface area contributed by atoms with Crippen LogP contribution in [0.1, 0.15) is 64.7 Å². The summed E-state index contributed by atoms with van der Waals surface area (Å²) in [4.78, 5) is 0. The van der Waals surface area contributed by atoms with E-state index in [9.17, 15) is 5.11 Å². The summed E-state index contributed by atoms with van der Waals surface area (Å²) < 4.78 is 0. The average molecular weight is 247 g/mol. The normalized spacial score (nSPS) is 13.3. The fourth-order valence-electron chi connectivity index (χ4n) is 1.98. The molecule has 0 rings (SSSR count). The van der Waals surface area contributed by atoms with Crippen LogP contribution in [0.15, 0.2) is 0 Å². The molecule has 0 radical (unpaired) electrons. The lowest BCUT2D eigenvalue weighted by molar-refractivity contribution is 0.184. The van der Waals surface area contributed by atoms with Crippen LogP contribution < -0.4 is 0 Å². The molecule has 0 aromatic heterocycles. The largest absolute Gasteiger partial charge is 0.388 e. The first-order valence-electron chi connectivity index (χ1n) is 6.89. The fourth-order valence-corrected chi connectivity index (χ4v) is 2.92. The Balaban J connectivity index is 3.08. The highest BCUT2D eigenvalue weighted by Crippen LogP contribution is 2.11. The number of aliphatic hydroxyl groups excluding tert-OH is 1. The van der Waals surface area contributed by atoms with Crippen molar-refractivity contribution in [2.24, 2.45) is 0 Å². The predicted octanol–water partition coefficient (Wildman–Crippen LogP) is 3.76. The lowest BCUT2D eigenvalue weighted by atomic mass is 10.1. The third-order valence-electron chi connectivity index (χ3n) is 2.92. The van der Waals surface area contributed by atoms with Gasteiger partial charge in [0.1, 0.15) is 5.75 Å². The van der Waals surface area contributed by atoms with E-state index in [1.54, 1.807) is 0 Å². The van der Waals surface area contributed by atoms with E-state index in [0.717, 1.165) is 12.2 Å². The standard InChI is InChI=1S/C14H31OS/c1-4-5-6-7-8-9-10-11-12-14(15)13-16(2)3/h14-15H,4-13H2,1-3H3/q+1. The van der Waals surface area contributed by atoms with Gasteiger partial charge >= 0.3 is 0 Å². The van der Waals surface area contributed by atoms with E-state index in [0.29, 0.717) is 10.9 Å². The summed E-state index contributed by atoms with van der Waals surface area (Å²) in [5.74, 6) is 0.997. The van der Waals surface area contributed by atoms with Crippen LogP contribution in [-0.4, -0.2) is 29.5 Å². The molecule has 0 aliphatic rings. The molecule has 0 aromatic carbocycles. The second-order valence-electron chi connectivity index (χ2n) is 5.07. The Morgan fingerprint density at radius 1 is 0.875 bits per heavy atom. The first-order chi connectivity index (χ1) is 7.66. The molecular weight excluding hydrogens is 216 g/mol. The molecule has 0 amide bonds. The van der Waals surface area contributed by atoms with Crippen molar-refractivity contribution in [3.63, 3.8) is 0 Å². The zero-order valence-electron chi connectivity index (χ0n) is 11.5. The van der Waals surface area contributed by atoms with Gasteiger partial charge in [-0.2, -0.15) is 0 Å². The molecule has 98 valence electrons. The maximum atomic E-state index is 9.70. The smallest absolute Gasteiger partial charge is 0.133 e. The summed E-state index contributed by atoms with van der Waals surface area (Å²) in [6, 6.07) is 0. The van der Waals surface area contributed by atoms with Crippen molar-refractivity contribution in [2.75, 3.05) is 18.3 Å². The van der Waals surface area contributed by atoms with E-state index in [1.807, 2.05) is 0 Å². The second kappa shape index (κ2) is 11.8. The molecule has 0 aliphatic carbocycles. The third-order valence-corrected chi connectivity index (χ3v) is 3.97. The van der Waals surface area contributed by atoms with Gasteiger partial charge in [0.05, 0.1) is 18.6 Å². The van der Waals surface area contributed by atoms with Crippen LogP contribution in [0.25, 0.3) is 0 Å². The molecule has 0 aliphatic heterocycles. The lowest BCUT2D eigenvalue weighted by Crippen LogP contribution is -2.18. The summed E-state index contributed by atoms with van der Waals surface area (Å²) in [5, 5.41) is 9.70. The summed E-state index contributed by atoms with van der Waals surface area (Å²) in [6.45, 7) is 2.26. The molecule has 16 heavy (non-hydrogen) atoms. The van der Waals surface area contributed by atoms with Gasteiger partial charge in [-0.25, -0.2) is 0 Å². The molecule has 1 nitrogen and oxygen atoms in total. The average Bonchev–Trinajstić information content (AvgIpc) is 2.21. The molecule has 0 fully saturated rings. The van der Waals surface area contributed by atoms with Crippen molar-refractivity contribution in [1.82, 2.24) is 0 Å². The highest BCUT2D eigenvalue weighted by Gasteiger charge is 2.11. The molecule has 1 atom stereocenters. The highest BCUT2D eigenvalue weighted by atomic mass is 32.2. The Morgan fingerprint density at radius 2 is 1.38 bits per heavy atom. The second-order valence-corrected chi connectivity index (χ2v) is 7.37. The van der Waals surface area contributed by atoms with E-state index in [-0.39, 0.29) is 6.10 Å². The SMILES string of the molecule is CCCCCCCCCCC(O)C[S+](C)C. The molecule has 0 heterocycles. The first-order valence-corrected chi connectivity index (χ1v) is 9.10. The van der Waals surface area contributed by atoms with Gasteiger partial charge in [-0.3, -0.25) is 0 Å². The van der Waals surface area contributed by atoms with Crippen molar-refractivity contribution in [1.29, 1.82) is 0 Å². The minimum absolute atomic E-state index is 0.0431. The molecule has 0 saturated heterocycles. The van der Waals surface area contributed by atoms with Gasteiger partial charge < -0.3 is 5.11 Å². The number of aliphatic hydroxyl groups is 1. The number of rotatable bonds is 11. The molecule has 1 N–H and O–H groups in total. The van der Waals surface area contributed by atoms with E-state index in [4.69, 9.17) is 0 Å². The Labute approximate surface area is 105 Å². The molecular formula is C14H31OS+. The Bertz CT molecular complexity index is 137. The van der Waals surface area contributed by atoms with Gasteiger partial charge in [0, 0.05) is 0 Å². The van der Waals surface area contributed by atoms with Crippen molar-refractivity contribution >= 4 is 10.9 Å². The van der Waals surface area contributed by atoms with E-state index >= 15 is 0 Å². The van der Waals surface area contributed by atoms with Gasteiger partial charge in [0.15, 0.2) is 0 Å². The maximum absolute atomic E-state index is 9.70. The molecule has 0 bridgehead atoms. The summed E-state index contributed by atoms with van der Waals surface area (Å²) >= 11 is 0. The van der Waals surface area contributed by atoms with Crippen LogP contribution >= 0.6 is 0 Å². The Hall–Kier alpha value is 0.310. The minimum atomic E-state index is -0.0431. The number of hydrogen-bond acceptors (Lipinski definition) is 1. The highest BCUT2D eigenvalue weighted by molar-refractivity contribution is 7.95.